The van der Waals surface area contributed by atoms with Gasteiger partial charge in [0.2, 0.25) is 5.91 Å². The van der Waals surface area contributed by atoms with E-state index in [-0.39, 0.29) is 55.8 Å². The van der Waals surface area contributed by atoms with Gasteiger partial charge in [-0.1, -0.05) is 23.7 Å². The number of rotatable bonds is 5. The lowest BCUT2D eigenvalue weighted by atomic mass is 9.94. The van der Waals surface area contributed by atoms with Crippen molar-refractivity contribution in [3.05, 3.63) is 59.1 Å². The summed E-state index contributed by atoms with van der Waals surface area (Å²) in [6, 6.07) is 7.02. The summed E-state index contributed by atoms with van der Waals surface area (Å²) in [5.41, 5.74) is 1.18. The van der Waals surface area contributed by atoms with E-state index in [1.807, 2.05) is 12.1 Å². The van der Waals surface area contributed by atoms with Crippen LogP contribution in [0.4, 0.5) is 0 Å². The first-order chi connectivity index (χ1) is 16.0. The lowest BCUT2D eigenvalue weighted by Crippen LogP contribution is -2.57. The summed E-state index contributed by atoms with van der Waals surface area (Å²) < 4.78 is 11.8. The van der Waals surface area contributed by atoms with Crippen molar-refractivity contribution < 1.29 is 24.2 Å². The van der Waals surface area contributed by atoms with E-state index in [0.717, 1.165) is 5.56 Å². The Balaban J connectivity index is 1.37. The number of nitrogens with one attached hydrogen (secondary N) is 1. The Hall–Kier alpha value is -2.59. The van der Waals surface area contributed by atoms with Crippen LogP contribution in [0.5, 0.6) is 0 Å². The van der Waals surface area contributed by atoms with Crippen LogP contribution >= 0.6 is 11.6 Å². The summed E-state index contributed by atoms with van der Waals surface area (Å²) in [5, 5.41) is 13.8. The molecule has 0 unspecified atom stereocenters. The van der Waals surface area contributed by atoms with Crippen LogP contribution in [-0.2, 0) is 20.8 Å². The highest BCUT2D eigenvalue weighted by Crippen LogP contribution is 2.28. The zero-order chi connectivity index (χ0) is 23.2. The molecule has 1 aromatic carbocycles. The highest BCUT2D eigenvalue weighted by atomic mass is 35.5. The summed E-state index contributed by atoms with van der Waals surface area (Å²) in [4.78, 5) is 35.3. The standard InChI is InChI=1S/C23H27ClN4O5/c24-16-3-1-15(2-4-16)10-27-22(30)9-18-5-6-20-21(33-18)14-32-13-17(29)12-28(20)23(31)19-11-25-7-8-26-19/h1-4,7-8,11,17-18,20-21,29H,5-6,9-10,12-14H2,(H,27,30)/t17-,18+,20-,21+/m0/s1. The van der Waals surface area contributed by atoms with E-state index < -0.39 is 12.2 Å². The molecule has 4 atom stereocenters. The average molecular weight is 475 g/mol. The highest BCUT2D eigenvalue weighted by molar-refractivity contribution is 6.30. The fraction of sp³-hybridized carbons (Fsp3) is 0.478. The molecule has 176 valence electrons. The van der Waals surface area contributed by atoms with E-state index in [2.05, 4.69) is 15.3 Å². The number of carbonyl (C=O) groups excluding carboxylic acids is 2. The molecule has 9 nitrogen and oxygen atoms in total. The molecule has 2 aliphatic heterocycles. The van der Waals surface area contributed by atoms with Crippen molar-refractivity contribution in [2.75, 3.05) is 19.8 Å². The van der Waals surface area contributed by atoms with E-state index in [9.17, 15) is 14.7 Å². The molecule has 2 amide bonds. The summed E-state index contributed by atoms with van der Waals surface area (Å²) in [6.45, 7) is 0.861. The van der Waals surface area contributed by atoms with Crippen molar-refractivity contribution in [1.82, 2.24) is 20.2 Å². The number of hydrogen-bond acceptors (Lipinski definition) is 7. The van der Waals surface area contributed by atoms with Crippen molar-refractivity contribution in [1.29, 1.82) is 0 Å². The Morgan fingerprint density at radius 3 is 2.76 bits per heavy atom. The number of halogens is 1. The first-order valence-electron chi connectivity index (χ1n) is 11.0. The number of β-amino-alcohol motifs (C(OH)–C–C–N with tert-alkyl or cyclic N) is 1. The van der Waals surface area contributed by atoms with Gasteiger partial charge in [0.25, 0.3) is 5.91 Å². The predicted octanol–water partition coefficient (Wildman–Crippen LogP) is 1.59. The van der Waals surface area contributed by atoms with E-state index in [1.54, 1.807) is 17.0 Å². The molecule has 2 fully saturated rings. The maximum Gasteiger partial charge on any atom is 0.274 e. The van der Waals surface area contributed by atoms with Gasteiger partial charge in [-0.25, -0.2) is 4.98 Å². The smallest absolute Gasteiger partial charge is 0.274 e. The molecule has 0 spiro atoms. The number of amides is 2. The van der Waals surface area contributed by atoms with E-state index >= 15 is 0 Å². The topological polar surface area (TPSA) is 114 Å². The lowest BCUT2D eigenvalue weighted by molar-refractivity contribution is -0.151. The quantitative estimate of drug-likeness (QED) is 0.676. The number of aromatic nitrogens is 2. The first kappa shape index (κ1) is 23.6. The van der Waals surface area contributed by atoms with Gasteiger partial charge in [0, 0.05) is 30.5 Å². The fourth-order valence-electron chi connectivity index (χ4n) is 4.21. The number of nitrogens with zero attached hydrogens (tertiary/aromatic N) is 3. The molecule has 0 bridgehead atoms. The minimum absolute atomic E-state index is 0.100. The number of ether oxygens (including phenoxy) is 2. The van der Waals surface area contributed by atoms with Crippen LogP contribution in [0.15, 0.2) is 42.9 Å². The maximum atomic E-state index is 13.1. The second kappa shape index (κ2) is 11.0. The van der Waals surface area contributed by atoms with Crippen molar-refractivity contribution >= 4 is 23.4 Å². The Kier molecular flexibility index (Phi) is 7.87. The minimum Gasteiger partial charge on any atom is -0.389 e. The third kappa shape index (κ3) is 6.26. The van der Waals surface area contributed by atoms with Crippen LogP contribution in [0.3, 0.4) is 0 Å². The van der Waals surface area contributed by atoms with Gasteiger partial charge in [-0.05, 0) is 30.5 Å². The molecule has 3 heterocycles. The molecule has 1 aromatic heterocycles. The lowest BCUT2D eigenvalue weighted by Gasteiger charge is -2.44. The SMILES string of the molecule is O=C(C[C@H]1CC[C@H]2[C@@H](COC[C@@H](O)CN2C(=O)c2cnccn2)O1)NCc1ccc(Cl)cc1. The molecule has 33 heavy (non-hydrogen) atoms. The zero-order valence-corrected chi connectivity index (χ0v) is 18.9. The van der Waals surface area contributed by atoms with E-state index in [0.29, 0.717) is 24.4 Å². The van der Waals surface area contributed by atoms with Gasteiger partial charge in [-0.15, -0.1) is 0 Å². The van der Waals surface area contributed by atoms with Crippen molar-refractivity contribution in [2.24, 2.45) is 0 Å². The number of fused-ring (bicyclic) bond motifs is 1. The molecule has 10 heteroatoms. The van der Waals surface area contributed by atoms with Crippen molar-refractivity contribution in [3.8, 4) is 0 Å². The number of aliphatic hydroxyl groups is 1. The van der Waals surface area contributed by atoms with E-state index in [1.165, 1.54) is 18.6 Å². The predicted molar refractivity (Wildman–Crippen MR) is 119 cm³/mol. The summed E-state index contributed by atoms with van der Waals surface area (Å²) >= 11 is 5.89. The Morgan fingerprint density at radius 1 is 1.18 bits per heavy atom. The Labute approximate surface area is 197 Å². The minimum atomic E-state index is -0.803. The monoisotopic (exact) mass is 474 g/mol. The molecule has 2 aromatic rings. The first-order valence-corrected chi connectivity index (χ1v) is 11.4. The average Bonchev–Trinajstić information content (AvgIpc) is 2.82. The van der Waals surface area contributed by atoms with Gasteiger partial charge < -0.3 is 24.8 Å². The van der Waals surface area contributed by atoms with Crippen LogP contribution in [0, 0.1) is 0 Å². The summed E-state index contributed by atoms with van der Waals surface area (Å²) in [5.74, 6) is -0.412. The van der Waals surface area contributed by atoms with Crippen molar-refractivity contribution in [2.45, 2.75) is 50.2 Å². The van der Waals surface area contributed by atoms with Crippen LogP contribution in [0.2, 0.25) is 5.02 Å². The maximum absolute atomic E-state index is 13.1. The molecule has 2 aliphatic rings. The molecular weight excluding hydrogens is 448 g/mol. The largest absolute Gasteiger partial charge is 0.389 e. The van der Waals surface area contributed by atoms with Gasteiger partial charge in [-0.2, -0.15) is 0 Å². The fourth-order valence-corrected chi connectivity index (χ4v) is 4.34. The summed E-state index contributed by atoms with van der Waals surface area (Å²) in [7, 11) is 0. The zero-order valence-electron chi connectivity index (χ0n) is 18.1. The van der Waals surface area contributed by atoms with Gasteiger partial charge in [0.1, 0.15) is 11.8 Å². The van der Waals surface area contributed by atoms with Crippen LogP contribution < -0.4 is 5.32 Å². The normalized spacial score (nSPS) is 25.5. The van der Waals surface area contributed by atoms with Gasteiger partial charge in [0.15, 0.2) is 0 Å². The Morgan fingerprint density at radius 2 is 2.00 bits per heavy atom. The number of hydrogen-bond donors (Lipinski definition) is 2. The Bertz CT molecular complexity index is 946. The third-order valence-corrected chi connectivity index (χ3v) is 6.09. The number of benzene rings is 1. The van der Waals surface area contributed by atoms with Crippen molar-refractivity contribution in [3.63, 3.8) is 0 Å². The molecule has 2 N–H and O–H groups in total. The van der Waals surface area contributed by atoms with E-state index in [4.69, 9.17) is 21.1 Å². The summed E-state index contributed by atoms with van der Waals surface area (Å²) in [6.07, 6.45) is 4.35. The van der Waals surface area contributed by atoms with Crippen LogP contribution in [-0.4, -0.2) is 75.9 Å². The second-order valence-electron chi connectivity index (χ2n) is 8.29. The van der Waals surface area contributed by atoms with Crippen LogP contribution in [0.1, 0.15) is 35.3 Å². The second-order valence-corrected chi connectivity index (χ2v) is 8.72. The number of aliphatic hydroxyl groups excluding tert-OH is 1. The van der Waals surface area contributed by atoms with Gasteiger partial charge in [-0.3, -0.25) is 14.6 Å². The van der Waals surface area contributed by atoms with Crippen LogP contribution in [0.25, 0.3) is 0 Å². The van der Waals surface area contributed by atoms with Gasteiger partial charge in [0.05, 0.1) is 44.1 Å². The molecule has 0 saturated carbocycles. The third-order valence-electron chi connectivity index (χ3n) is 5.84. The molecule has 4 rings (SSSR count). The number of carbonyl (C=O) groups is 2. The molecular formula is C23H27ClN4O5. The molecule has 0 radical (unpaired) electrons. The highest BCUT2D eigenvalue weighted by Gasteiger charge is 2.40. The molecule has 0 aliphatic carbocycles. The molecule has 2 saturated heterocycles. The van der Waals surface area contributed by atoms with Gasteiger partial charge >= 0.3 is 0 Å².